The van der Waals surface area contributed by atoms with Crippen molar-refractivity contribution in [2.45, 2.75) is 36.9 Å². The molecule has 142 valence electrons. The minimum absolute atomic E-state index is 0.101. The van der Waals surface area contributed by atoms with Crippen LogP contribution in [0.4, 0.5) is 5.69 Å². The summed E-state index contributed by atoms with van der Waals surface area (Å²) in [5.74, 6) is 3.04. The van der Waals surface area contributed by atoms with Crippen molar-refractivity contribution < 1.29 is 14.3 Å². The first-order valence-electron chi connectivity index (χ1n) is 9.11. The number of carbonyl (C=O) groups excluding carboxylic acids is 1. The molecule has 0 saturated heterocycles. The number of fused-ring (bicyclic) bond motifs is 1. The van der Waals surface area contributed by atoms with Gasteiger partial charge in [0.25, 0.3) is 0 Å². The third-order valence-electron chi connectivity index (χ3n) is 4.36. The number of anilines is 1. The molecule has 1 amide bonds. The van der Waals surface area contributed by atoms with Crippen molar-refractivity contribution in [3.05, 3.63) is 36.7 Å². The monoisotopic (exact) mass is 386 g/mol. The lowest BCUT2D eigenvalue weighted by atomic mass is 10.2. The Balaban J connectivity index is 1.37. The topological polar surface area (TPSA) is 78.3 Å². The number of allylic oxidation sites excluding steroid dienone is 1. The Labute approximate surface area is 162 Å². The second-order valence-electron chi connectivity index (χ2n) is 6.56. The highest BCUT2D eigenvalue weighted by Gasteiger charge is 2.30. The standard InChI is InChI=1S/C19H22N4O3S/c1-2-8-23-18(13-4-5-13)21-22-19(23)27-12-17(24)20-14-6-7-15-16(11-14)26-10-3-9-25-15/h2,6-7,11,13H,1,3-5,8-10,12H2,(H,20,24). The molecule has 1 fully saturated rings. The Morgan fingerprint density at radius 3 is 2.89 bits per heavy atom. The number of thioether (sulfide) groups is 1. The molecule has 1 N–H and O–H groups in total. The van der Waals surface area contributed by atoms with Crippen molar-refractivity contribution in [2.75, 3.05) is 24.3 Å². The average Bonchev–Trinajstić information content (AvgIpc) is 3.46. The van der Waals surface area contributed by atoms with Crippen LogP contribution in [0.3, 0.4) is 0 Å². The van der Waals surface area contributed by atoms with E-state index in [1.54, 1.807) is 6.07 Å². The number of nitrogens with zero attached hydrogens (tertiary/aromatic N) is 3. The molecule has 2 heterocycles. The molecule has 1 saturated carbocycles. The zero-order chi connectivity index (χ0) is 18.6. The summed E-state index contributed by atoms with van der Waals surface area (Å²) >= 11 is 1.39. The second-order valence-corrected chi connectivity index (χ2v) is 7.51. The second kappa shape index (κ2) is 8.04. The first kappa shape index (κ1) is 17.9. The maximum Gasteiger partial charge on any atom is 0.234 e. The van der Waals surface area contributed by atoms with Crippen molar-refractivity contribution in [3.63, 3.8) is 0 Å². The molecule has 0 spiro atoms. The highest BCUT2D eigenvalue weighted by Crippen LogP contribution is 2.40. The third-order valence-corrected chi connectivity index (χ3v) is 5.33. The molecular weight excluding hydrogens is 364 g/mol. The van der Waals surface area contributed by atoms with Gasteiger partial charge in [-0.3, -0.25) is 4.79 Å². The molecule has 27 heavy (non-hydrogen) atoms. The van der Waals surface area contributed by atoms with E-state index in [0.29, 0.717) is 42.9 Å². The zero-order valence-corrected chi connectivity index (χ0v) is 15.8. The Bertz CT molecular complexity index is 847. The lowest BCUT2D eigenvalue weighted by Crippen LogP contribution is -2.15. The van der Waals surface area contributed by atoms with Crippen LogP contribution < -0.4 is 14.8 Å². The molecule has 2 aromatic rings. The van der Waals surface area contributed by atoms with Crippen molar-refractivity contribution in [1.29, 1.82) is 0 Å². The van der Waals surface area contributed by atoms with E-state index in [1.165, 1.54) is 11.8 Å². The minimum atomic E-state index is -0.101. The summed E-state index contributed by atoms with van der Waals surface area (Å²) in [6.45, 7) is 5.72. The van der Waals surface area contributed by atoms with Gasteiger partial charge in [0, 0.05) is 30.6 Å². The third kappa shape index (κ3) is 4.27. The largest absolute Gasteiger partial charge is 0.490 e. The van der Waals surface area contributed by atoms with Gasteiger partial charge in [-0.25, -0.2) is 0 Å². The Morgan fingerprint density at radius 1 is 1.30 bits per heavy atom. The summed E-state index contributed by atoms with van der Waals surface area (Å²) in [6, 6.07) is 5.45. The fraction of sp³-hybridized carbons (Fsp3) is 0.421. The molecule has 0 atom stereocenters. The zero-order valence-electron chi connectivity index (χ0n) is 15.0. The molecular formula is C19H22N4O3S. The quantitative estimate of drug-likeness (QED) is 0.581. The van der Waals surface area contributed by atoms with E-state index in [4.69, 9.17) is 9.47 Å². The summed E-state index contributed by atoms with van der Waals surface area (Å²) in [6.07, 6.45) is 4.99. The Hall–Kier alpha value is -2.48. The number of carbonyl (C=O) groups is 1. The predicted octanol–water partition coefficient (Wildman–Crippen LogP) is 3.23. The Morgan fingerprint density at radius 2 is 2.11 bits per heavy atom. The maximum absolute atomic E-state index is 12.4. The van der Waals surface area contributed by atoms with Gasteiger partial charge < -0.3 is 19.4 Å². The van der Waals surface area contributed by atoms with Gasteiger partial charge in [-0.1, -0.05) is 17.8 Å². The van der Waals surface area contributed by atoms with Gasteiger partial charge in [0.1, 0.15) is 5.82 Å². The highest BCUT2D eigenvalue weighted by atomic mass is 32.2. The van der Waals surface area contributed by atoms with Crippen LogP contribution >= 0.6 is 11.8 Å². The van der Waals surface area contributed by atoms with Gasteiger partial charge in [-0.05, 0) is 25.0 Å². The van der Waals surface area contributed by atoms with Crippen LogP contribution in [0.15, 0.2) is 36.0 Å². The van der Waals surface area contributed by atoms with Crippen molar-refractivity contribution >= 4 is 23.4 Å². The van der Waals surface area contributed by atoms with Gasteiger partial charge in [0.15, 0.2) is 16.7 Å². The van der Waals surface area contributed by atoms with Crippen LogP contribution in [0.1, 0.15) is 31.0 Å². The summed E-state index contributed by atoms with van der Waals surface area (Å²) < 4.78 is 13.3. The number of amides is 1. The number of ether oxygens (including phenoxy) is 2. The smallest absolute Gasteiger partial charge is 0.234 e. The SMILES string of the molecule is C=CCn1c(SCC(=O)Nc2ccc3c(c2)OCCCO3)nnc1C1CC1. The maximum atomic E-state index is 12.4. The molecule has 1 aliphatic carbocycles. The summed E-state index contributed by atoms with van der Waals surface area (Å²) in [4.78, 5) is 12.4. The summed E-state index contributed by atoms with van der Waals surface area (Å²) in [7, 11) is 0. The predicted molar refractivity (Wildman–Crippen MR) is 104 cm³/mol. The van der Waals surface area contributed by atoms with Crippen LogP contribution in [0.2, 0.25) is 0 Å². The molecule has 0 bridgehead atoms. The normalized spacial score (nSPS) is 15.9. The van der Waals surface area contributed by atoms with Crippen molar-refractivity contribution in [2.24, 2.45) is 0 Å². The van der Waals surface area contributed by atoms with Gasteiger partial charge in [0.2, 0.25) is 5.91 Å². The lowest BCUT2D eigenvalue weighted by molar-refractivity contribution is -0.113. The fourth-order valence-corrected chi connectivity index (χ4v) is 3.67. The van der Waals surface area contributed by atoms with E-state index < -0.39 is 0 Å². The number of nitrogens with one attached hydrogen (secondary N) is 1. The number of benzene rings is 1. The van der Waals surface area contributed by atoms with Crippen LogP contribution in [-0.2, 0) is 11.3 Å². The van der Waals surface area contributed by atoms with Crippen LogP contribution in [0.25, 0.3) is 0 Å². The van der Waals surface area contributed by atoms with Gasteiger partial charge >= 0.3 is 0 Å². The first-order chi connectivity index (χ1) is 13.2. The molecule has 0 radical (unpaired) electrons. The number of hydrogen-bond acceptors (Lipinski definition) is 6. The molecule has 1 aliphatic heterocycles. The van der Waals surface area contributed by atoms with E-state index in [2.05, 4.69) is 26.7 Å². The van der Waals surface area contributed by atoms with Crippen LogP contribution in [0, 0.1) is 0 Å². The first-order valence-corrected chi connectivity index (χ1v) is 10.1. The number of hydrogen-bond donors (Lipinski definition) is 1. The van der Waals surface area contributed by atoms with E-state index in [0.717, 1.165) is 30.2 Å². The van der Waals surface area contributed by atoms with Crippen LogP contribution in [-0.4, -0.2) is 39.6 Å². The van der Waals surface area contributed by atoms with E-state index in [9.17, 15) is 4.79 Å². The number of rotatable bonds is 7. The van der Waals surface area contributed by atoms with Gasteiger partial charge in [-0.2, -0.15) is 0 Å². The van der Waals surface area contributed by atoms with Crippen molar-refractivity contribution in [3.8, 4) is 11.5 Å². The summed E-state index contributed by atoms with van der Waals surface area (Å²) in [5, 5.41) is 12.2. The molecule has 7 nitrogen and oxygen atoms in total. The minimum Gasteiger partial charge on any atom is -0.490 e. The molecule has 8 heteroatoms. The highest BCUT2D eigenvalue weighted by molar-refractivity contribution is 7.99. The fourth-order valence-electron chi connectivity index (χ4n) is 2.92. The molecule has 0 unspecified atom stereocenters. The molecule has 2 aliphatic rings. The molecule has 1 aromatic heterocycles. The number of aromatic nitrogens is 3. The van der Waals surface area contributed by atoms with Crippen molar-refractivity contribution in [1.82, 2.24) is 14.8 Å². The van der Waals surface area contributed by atoms with Crippen LogP contribution in [0.5, 0.6) is 11.5 Å². The van der Waals surface area contributed by atoms with Gasteiger partial charge in [0.05, 0.1) is 19.0 Å². The van der Waals surface area contributed by atoms with E-state index in [1.807, 2.05) is 18.2 Å². The average molecular weight is 386 g/mol. The van der Waals surface area contributed by atoms with E-state index in [-0.39, 0.29) is 11.7 Å². The summed E-state index contributed by atoms with van der Waals surface area (Å²) in [5.41, 5.74) is 0.691. The Kier molecular flexibility index (Phi) is 5.33. The lowest BCUT2D eigenvalue weighted by Gasteiger charge is -2.10. The van der Waals surface area contributed by atoms with E-state index >= 15 is 0 Å². The molecule has 1 aromatic carbocycles. The van der Waals surface area contributed by atoms with Gasteiger partial charge in [-0.15, -0.1) is 16.8 Å². The molecule has 4 rings (SSSR count).